The molecule has 588 valence electrons. The van der Waals surface area contributed by atoms with Crippen LogP contribution in [0.4, 0.5) is 0 Å². The monoisotopic (exact) mass is 1450 g/mol. The van der Waals surface area contributed by atoms with Crippen molar-refractivity contribution in [1.29, 1.82) is 0 Å². The number of ether oxygens (including phenoxy) is 4. The van der Waals surface area contributed by atoms with Crippen molar-refractivity contribution < 1.29 is 80.2 Å². The van der Waals surface area contributed by atoms with E-state index in [0.717, 1.165) is 102 Å². The molecule has 0 saturated carbocycles. The van der Waals surface area contributed by atoms with E-state index in [9.17, 15) is 43.2 Å². The van der Waals surface area contributed by atoms with Crippen molar-refractivity contribution in [3.63, 3.8) is 0 Å². The smallest absolute Gasteiger partial charge is 0.462 e. The lowest BCUT2D eigenvalue weighted by Crippen LogP contribution is -2.30. The fraction of sp³-hybridized carbons (Fsp3) is 0.950. The third kappa shape index (κ3) is 72.8. The zero-order chi connectivity index (χ0) is 72.8. The largest absolute Gasteiger partial charge is 0.472 e. The molecular weight excluding hydrogens is 1290 g/mol. The number of aliphatic hydroxyl groups is 1. The Kier molecular flexibility index (Phi) is 70.3. The number of phosphoric ester groups is 2. The van der Waals surface area contributed by atoms with Crippen molar-refractivity contribution in [3.05, 3.63) is 0 Å². The summed E-state index contributed by atoms with van der Waals surface area (Å²) < 4.78 is 68.6. The first-order valence-electron chi connectivity index (χ1n) is 41.5. The molecule has 19 heteroatoms. The lowest BCUT2D eigenvalue weighted by Gasteiger charge is -2.21. The van der Waals surface area contributed by atoms with Crippen LogP contribution in [0.15, 0.2) is 0 Å². The summed E-state index contributed by atoms with van der Waals surface area (Å²) in [5.74, 6) is -0.545. The van der Waals surface area contributed by atoms with Crippen LogP contribution in [0, 0.1) is 11.8 Å². The first-order chi connectivity index (χ1) is 47.9. The van der Waals surface area contributed by atoms with E-state index in [-0.39, 0.29) is 25.7 Å². The van der Waals surface area contributed by atoms with Gasteiger partial charge in [0.2, 0.25) is 0 Å². The molecule has 6 atom stereocenters. The van der Waals surface area contributed by atoms with Crippen molar-refractivity contribution in [2.24, 2.45) is 11.8 Å². The topological polar surface area (TPSA) is 237 Å². The number of unbranched alkanes of at least 4 members (excludes halogenated alkanes) is 48. The average molecular weight is 1450 g/mol. The van der Waals surface area contributed by atoms with Crippen LogP contribution in [0.3, 0.4) is 0 Å². The fourth-order valence-electron chi connectivity index (χ4n) is 12.3. The molecule has 0 spiro atoms. The molecular formula is C80H156O17P2. The van der Waals surface area contributed by atoms with Crippen molar-refractivity contribution in [1.82, 2.24) is 0 Å². The first-order valence-corrected chi connectivity index (χ1v) is 44.5. The Morgan fingerprint density at radius 2 is 0.515 bits per heavy atom. The van der Waals surface area contributed by atoms with Crippen molar-refractivity contribution in [2.75, 3.05) is 39.6 Å². The van der Waals surface area contributed by atoms with Crippen LogP contribution >= 0.6 is 15.6 Å². The second-order valence-corrected chi connectivity index (χ2v) is 32.4. The molecule has 0 aromatic rings. The van der Waals surface area contributed by atoms with Crippen LogP contribution < -0.4 is 0 Å². The molecule has 0 radical (unpaired) electrons. The van der Waals surface area contributed by atoms with Crippen LogP contribution in [0.2, 0.25) is 0 Å². The predicted octanol–water partition coefficient (Wildman–Crippen LogP) is 23.9. The number of carbonyl (C=O) groups excluding carboxylic acids is 4. The summed E-state index contributed by atoms with van der Waals surface area (Å²) in [5.41, 5.74) is 0. The molecule has 0 amide bonds. The number of hydrogen-bond donors (Lipinski definition) is 3. The van der Waals surface area contributed by atoms with Crippen LogP contribution in [-0.2, 0) is 65.4 Å². The molecule has 0 fully saturated rings. The molecule has 0 aliphatic heterocycles. The summed E-state index contributed by atoms with van der Waals surface area (Å²) in [6.07, 6.45) is 61.1. The highest BCUT2D eigenvalue weighted by Crippen LogP contribution is 2.45. The summed E-state index contributed by atoms with van der Waals surface area (Å²) >= 11 is 0. The maximum absolute atomic E-state index is 13.1. The third-order valence-electron chi connectivity index (χ3n) is 19.1. The maximum Gasteiger partial charge on any atom is 0.472 e. The van der Waals surface area contributed by atoms with Gasteiger partial charge in [-0.2, -0.15) is 0 Å². The van der Waals surface area contributed by atoms with Gasteiger partial charge in [0, 0.05) is 25.7 Å². The normalized spacial score (nSPS) is 14.2. The lowest BCUT2D eigenvalue weighted by molar-refractivity contribution is -0.161. The molecule has 3 unspecified atom stereocenters. The van der Waals surface area contributed by atoms with Crippen LogP contribution in [0.25, 0.3) is 0 Å². The van der Waals surface area contributed by atoms with E-state index in [2.05, 4.69) is 41.5 Å². The molecule has 0 saturated heterocycles. The zero-order valence-corrected chi connectivity index (χ0v) is 66.6. The summed E-state index contributed by atoms with van der Waals surface area (Å²) in [6.45, 7) is 9.62. The van der Waals surface area contributed by atoms with E-state index in [1.165, 1.54) is 238 Å². The standard InChI is InChI=1S/C80H156O17P2/c1-7-10-12-14-16-18-19-20-21-22-23-24-25-26-27-32-35-39-46-52-58-64-79(84)96-75(69-91-78(83)63-57-51-45-38-34-31-29-28-30-33-37-42-48-54-60-72(4)5)70-94-98(86,87)92-66-74(81)67-93-99(88,89)95-71-76(68-90-77(82)62-56-50-44-36-17-15-13-11-8-2)97-80(85)65-59-53-47-41-40-43-49-55-61-73(6)9-3/h72-76,81H,7-71H2,1-6H3,(H,86,87)(H,88,89)/t73?,74-,75-,76-/m1/s1. The highest BCUT2D eigenvalue weighted by molar-refractivity contribution is 7.47. The summed E-state index contributed by atoms with van der Waals surface area (Å²) in [4.78, 5) is 72.9. The fourth-order valence-corrected chi connectivity index (χ4v) is 13.9. The number of carbonyl (C=O) groups is 4. The van der Waals surface area contributed by atoms with Crippen LogP contribution in [0.1, 0.15) is 420 Å². The quantitative estimate of drug-likeness (QED) is 0.0222. The summed E-state index contributed by atoms with van der Waals surface area (Å²) in [5, 5.41) is 10.6. The molecule has 0 rings (SSSR count). The number of esters is 4. The Balaban J connectivity index is 5.20. The molecule has 0 aliphatic rings. The number of hydrogen-bond acceptors (Lipinski definition) is 15. The van der Waals surface area contributed by atoms with E-state index in [4.69, 9.17) is 37.0 Å². The summed E-state index contributed by atoms with van der Waals surface area (Å²) in [7, 11) is -9.91. The van der Waals surface area contributed by atoms with Gasteiger partial charge in [-0.1, -0.05) is 369 Å². The van der Waals surface area contributed by atoms with E-state index in [1.807, 2.05) is 0 Å². The van der Waals surface area contributed by atoms with Gasteiger partial charge in [-0.15, -0.1) is 0 Å². The van der Waals surface area contributed by atoms with Gasteiger partial charge in [-0.05, 0) is 37.5 Å². The minimum Gasteiger partial charge on any atom is -0.462 e. The Morgan fingerprint density at radius 3 is 0.768 bits per heavy atom. The highest BCUT2D eigenvalue weighted by Gasteiger charge is 2.30. The second-order valence-electron chi connectivity index (χ2n) is 29.5. The number of phosphoric acid groups is 2. The minimum absolute atomic E-state index is 0.105. The first kappa shape index (κ1) is 97.1. The van der Waals surface area contributed by atoms with Gasteiger partial charge in [0.05, 0.1) is 26.4 Å². The average Bonchev–Trinajstić information content (AvgIpc) is 1.00. The molecule has 0 aromatic carbocycles. The SMILES string of the molecule is CCCCCCCCCCCCCCCCCCCCCCCC(=O)O[C@H](COC(=O)CCCCCCCCCCCCCCCCC(C)C)COP(=O)(O)OC[C@@H](O)COP(=O)(O)OC[C@@H](COC(=O)CCCCCCCCCCC)OC(=O)CCCCCCCCCCC(C)CC. The molecule has 3 N–H and O–H groups in total. The van der Waals surface area contributed by atoms with Gasteiger partial charge in [-0.3, -0.25) is 37.3 Å². The van der Waals surface area contributed by atoms with Gasteiger partial charge in [0.25, 0.3) is 0 Å². The van der Waals surface area contributed by atoms with Gasteiger partial charge in [0.15, 0.2) is 12.2 Å². The number of rotatable bonds is 79. The van der Waals surface area contributed by atoms with Crippen molar-refractivity contribution >= 4 is 39.5 Å². The van der Waals surface area contributed by atoms with E-state index in [0.29, 0.717) is 25.7 Å². The molecule has 17 nitrogen and oxygen atoms in total. The predicted molar refractivity (Wildman–Crippen MR) is 405 cm³/mol. The second kappa shape index (κ2) is 71.7. The van der Waals surface area contributed by atoms with E-state index in [1.54, 1.807) is 0 Å². The molecule has 0 bridgehead atoms. The lowest BCUT2D eigenvalue weighted by atomic mass is 9.99. The number of aliphatic hydroxyl groups excluding tert-OH is 1. The molecule has 0 heterocycles. The Labute approximate surface area is 607 Å². The van der Waals surface area contributed by atoms with Crippen molar-refractivity contribution in [3.8, 4) is 0 Å². The Bertz CT molecular complexity index is 1910. The van der Waals surface area contributed by atoms with Crippen molar-refractivity contribution in [2.45, 2.75) is 439 Å². The zero-order valence-electron chi connectivity index (χ0n) is 64.8. The Hall–Kier alpha value is -1.94. The summed E-state index contributed by atoms with van der Waals surface area (Å²) in [6, 6.07) is 0. The Morgan fingerprint density at radius 1 is 0.293 bits per heavy atom. The molecule has 0 aromatic heterocycles. The van der Waals surface area contributed by atoms with Gasteiger partial charge >= 0.3 is 39.5 Å². The third-order valence-corrected chi connectivity index (χ3v) is 21.0. The van der Waals surface area contributed by atoms with E-state index >= 15 is 0 Å². The highest BCUT2D eigenvalue weighted by atomic mass is 31.2. The van der Waals surface area contributed by atoms with Gasteiger partial charge < -0.3 is 33.8 Å². The molecule has 0 aliphatic carbocycles. The van der Waals surface area contributed by atoms with E-state index < -0.39 is 97.5 Å². The maximum atomic E-state index is 13.1. The molecule has 99 heavy (non-hydrogen) atoms. The van der Waals surface area contributed by atoms with Gasteiger partial charge in [-0.25, -0.2) is 9.13 Å². The van der Waals surface area contributed by atoms with Crippen LogP contribution in [-0.4, -0.2) is 96.7 Å². The minimum atomic E-state index is -4.96. The van der Waals surface area contributed by atoms with Gasteiger partial charge in [0.1, 0.15) is 19.3 Å². The van der Waals surface area contributed by atoms with Crippen LogP contribution in [0.5, 0.6) is 0 Å².